The highest BCUT2D eigenvalue weighted by Gasteiger charge is 2.22. The summed E-state index contributed by atoms with van der Waals surface area (Å²) in [5, 5.41) is 0. The van der Waals surface area contributed by atoms with Crippen LogP contribution in [0.25, 0.3) is 6.08 Å². The fourth-order valence-electron chi connectivity index (χ4n) is 2.35. The summed E-state index contributed by atoms with van der Waals surface area (Å²) in [4.78, 5) is 12.6. The average Bonchev–Trinajstić information content (AvgIpc) is 2.62. The molecule has 0 heterocycles. The van der Waals surface area contributed by atoms with E-state index >= 15 is 0 Å². The molecule has 5 heteroatoms. The first kappa shape index (κ1) is 19.9. The molecule has 0 amide bonds. The molecule has 0 spiro atoms. The lowest BCUT2D eigenvalue weighted by molar-refractivity contribution is -0.138. The van der Waals surface area contributed by atoms with Crippen molar-refractivity contribution in [3.05, 3.63) is 71.3 Å². The van der Waals surface area contributed by atoms with E-state index < -0.39 is 21.6 Å². The van der Waals surface area contributed by atoms with Crippen LogP contribution in [0.4, 0.5) is 0 Å². The molecule has 2 rings (SSSR count). The number of carbonyl (C=O) groups is 1. The highest BCUT2D eigenvalue weighted by Crippen LogP contribution is 2.18. The van der Waals surface area contributed by atoms with Crippen molar-refractivity contribution in [2.24, 2.45) is 0 Å². The van der Waals surface area contributed by atoms with E-state index in [9.17, 15) is 13.2 Å². The fraction of sp³-hybridized carbons (Fsp3) is 0.286. The number of carbonyl (C=O) groups excluding carboxylic acids is 1. The summed E-state index contributed by atoms with van der Waals surface area (Å²) in [6, 6.07) is 15.8. The molecule has 0 saturated carbocycles. The molecular formula is C21H24O4S. The molecule has 26 heavy (non-hydrogen) atoms. The largest absolute Gasteiger partial charge is 0.462 e. The van der Waals surface area contributed by atoms with Crippen LogP contribution in [-0.4, -0.2) is 26.7 Å². The molecule has 0 saturated heterocycles. The van der Waals surface area contributed by atoms with Gasteiger partial charge in [-0.15, -0.1) is 0 Å². The minimum Gasteiger partial charge on any atom is -0.462 e. The highest BCUT2D eigenvalue weighted by molar-refractivity contribution is 7.91. The number of aryl methyl sites for hydroxylation is 1. The lowest BCUT2D eigenvalue weighted by Crippen LogP contribution is -2.18. The van der Waals surface area contributed by atoms with Crippen molar-refractivity contribution in [1.29, 1.82) is 0 Å². The van der Waals surface area contributed by atoms with E-state index in [0.717, 1.165) is 24.0 Å². The molecule has 0 bridgehead atoms. The fourth-order valence-corrected chi connectivity index (χ4v) is 3.67. The third kappa shape index (κ3) is 5.85. The average molecular weight is 372 g/mol. The van der Waals surface area contributed by atoms with E-state index in [4.69, 9.17) is 4.74 Å². The first-order valence-corrected chi connectivity index (χ1v) is 10.3. The summed E-state index contributed by atoms with van der Waals surface area (Å²) >= 11 is 0. The molecule has 0 N–H and O–H groups in total. The molecule has 0 fully saturated rings. The van der Waals surface area contributed by atoms with Gasteiger partial charge < -0.3 is 4.74 Å². The van der Waals surface area contributed by atoms with Crippen LogP contribution < -0.4 is 0 Å². The SMILES string of the molecule is CCCCOC(=O)/C(=C/c1ccccc1)CS(=O)(=O)c1ccc(C)cc1. The molecular weight excluding hydrogens is 348 g/mol. The first-order chi connectivity index (χ1) is 12.4. The van der Waals surface area contributed by atoms with Gasteiger partial charge in [0.25, 0.3) is 0 Å². The quantitative estimate of drug-likeness (QED) is 0.396. The maximum absolute atomic E-state index is 12.7. The van der Waals surface area contributed by atoms with Crippen molar-refractivity contribution in [3.63, 3.8) is 0 Å². The molecule has 0 aromatic heterocycles. The Morgan fingerprint density at radius 1 is 1.04 bits per heavy atom. The van der Waals surface area contributed by atoms with E-state index in [1.54, 1.807) is 30.3 Å². The molecule has 2 aromatic carbocycles. The van der Waals surface area contributed by atoms with E-state index in [2.05, 4.69) is 0 Å². The number of rotatable bonds is 8. The molecule has 0 aliphatic carbocycles. The Bertz CT molecular complexity index is 851. The van der Waals surface area contributed by atoms with Crippen molar-refractivity contribution in [3.8, 4) is 0 Å². The molecule has 0 aliphatic heterocycles. The van der Waals surface area contributed by atoms with Crippen LogP contribution in [0, 0.1) is 6.92 Å². The molecule has 0 atom stereocenters. The van der Waals surface area contributed by atoms with Gasteiger partial charge in [0.2, 0.25) is 0 Å². The lowest BCUT2D eigenvalue weighted by atomic mass is 10.1. The Hall–Kier alpha value is -2.40. The van der Waals surface area contributed by atoms with Gasteiger partial charge in [-0.3, -0.25) is 0 Å². The van der Waals surface area contributed by atoms with Gasteiger partial charge in [0.1, 0.15) is 0 Å². The van der Waals surface area contributed by atoms with Crippen molar-refractivity contribution < 1.29 is 17.9 Å². The van der Waals surface area contributed by atoms with Gasteiger partial charge in [0.15, 0.2) is 9.84 Å². The predicted molar refractivity (Wildman–Crippen MR) is 104 cm³/mol. The molecule has 0 unspecified atom stereocenters. The zero-order valence-corrected chi connectivity index (χ0v) is 16.0. The van der Waals surface area contributed by atoms with Gasteiger partial charge in [-0.1, -0.05) is 61.4 Å². The number of hydrogen-bond donors (Lipinski definition) is 0. The lowest BCUT2D eigenvalue weighted by Gasteiger charge is -2.10. The zero-order valence-electron chi connectivity index (χ0n) is 15.1. The van der Waals surface area contributed by atoms with Gasteiger partial charge in [0.05, 0.1) is 22.8 Å². The molecule has 0 radical (unpaired) electrons. The second-order valence-electron chi connectivity index (χ2n) is 6.14. The predicted octanol–water partition coefficient (Wildman–Crippen LogP) is 4.20. The monoisotopic (exact) mass is 372 g/mol. The number of sulfone groups is 1. The van der Waals surface area contributed by atoms with Crippen molar-refractivity contribution in [1.82, 2.24) is 0 Å². The Morgan fingerprint density at radius 3 is 2.31 bits per heavy atom. The highest BCUT2D eigenvalue weighted by atomic mass is 32.2. The van der Waals surface area contributed by atoms with E-state index in [0.29, 0.717) is 0 Å². The van der Waals surface area contributed by atoms with Gasteiger partial charge in [-0.25, -0.2) is 13.2 Å². The van der Waals surface area contributed by atoms with Gasteiger partial charge >= 0.3 is 5.97 Å². The Labute approximate surface area is 155 Å². The smallest absolute Gasteiger partial charge is 0.335 e. The first-order valence-electron chi connectivity index (χ1n) is 8.64. The van der Waals surface area contributed by atoms with E-state index in [-0.39, 0.29) is 17.1 Å². The molecule has 0 aliphatic rings. The minimum absolute atomic E-state index is 0.132. The van der Waals surface area contributed by atoms with Crippen molar-refractivity contribution >= 4 is 21.9 Å². The standard InChI is InChI=1S/C21H24O4S/c1-3-4-14-25-21(22)19(15-18-8-6-5-7-9-18)16-26(23,24)20-12-10-17(2)11-13-20/h5-13,15H,3-4,14,16H2,1-2H3/b19-15+. The summed E-state index contributed by atoms with van der Waals surface area (Å²) in [6.45, 7) is 4.17. The molecule has 138 valence electrons. The molecule has 4 nitrogen and oxygen atoms in total. The third-order valence-electron chi connectivity index (χ3n) is 3.86. The third-order valence-corrected chi connectivity index (χ3v) is 5.54. The normalized spacial score (nSPS) is 12.0. The summed E-state index contributed by atoms with van der Waals surface area (Å²) in [5.74, 6) is -0.978. The number of benzene rings is 2. The van der Waals surface area contributed by atoms with E-state index in [1.807, 2.05) is 44.2 Å². The number of hydrogen-bond acceptors (Lipinski definition) is 4. The van der Waals surface area contributed by atoms with Crippen LogP contribution in [0.1, 0.15) is 30.9 Å². The topological polar surface area (TPSA) is 60.4 Å². The van der Waals surface area contributed by atoms with Gasteiger partial charge in [0, 0.05) is 0 Å². The van der Waals surface area contributed by atoms with Crippen LogP contribution in [0.2, 0.25) is 0 Å². The zero-order chi connectivity index (χ0) is 19.0. The Balaban J connectivity index is 2.29. The molecule has 2 aromatic rings. The van der Waals surface area contributed by atoms with Crippen LogP contribution in [0.15, 0.2) is 65.1 Å². The van der Waals surface area contributed by atoms with Crippen LogP contribution in [0.3, 0.4) is 0 Å². The van der Waals surface area contributed by atoms with Crippen LogP contribution in [-0.2, 0) is 19.4 Å². The summed E-state index contributed by atoms with van der Waals surface area (Å²) < 4.78 is 30.7. The van der Waals surface area contributed by atoms with Crippen LogP contribution >= 0.6 is 0 Å². The van der Waals surface area contributed by atoms with Gasteiger partial charge in [-0.2, -0.15) is 0 Å². The number of esters is 1. The Morgan fingerprint density at radius 2 is 1.69 bits per heavy atom. The summed E-state index contributed by atoms with van der Waals surface area (Å²) in [5.41, 5.74) is 1.87. The van der Waals surface area contributed by atoms with Crippen LogP contribution in [0.5, 0.6) is 0 Å². The summed E-state index contributed by atoms with van der Waals surface area (Å²) in [6.07, 6.45) is 3.22. The minimum atomic E-state index is -3.64. The van der Waals surface area contributed by atoms with Crippen molar-refractivity contribution in [2.45, 2.75) is 31.6 Å². The second kappa shape index (κ2) is 9.34. The maximum atomic E-state index is 12.7. The Kier molecular flexibility index (Phi) is 7.16. The number of unbranched alkanes of at least 4 members (excludes halogenated alkanes) is 1. The van der Waals surface area contributed by atoms with Gasteiger partial charge in [-0.05, 0) is 37.1 Å². The van der Waals surface area contributed by atoms with E-state index in [1.165, 1.54) is 0 Å². The maximum Gasteiger partial charge on any atom is 0.335 e. The van der Waals surface area contributed by atoms with Crippen molar-refractivity contribution in [2.75, 3.05) is 12.4 Å². The number of ether oxygens (including phenoxy) is 1. The second-order valence-corrected chi connectivity index (χ2v) is 8.13. The summed E-state index contributed by atoms with van der Waals surface area (Å²) in [7, 11) is -3.64.